The second-order valence-electron chi connectivity index (χ2n) is 21.2. The molecule has 0 bridgehead atoms. The van der Waals surface area contributed by atoms with E-state index in [9.17, 15) is 46.0 Å². The van der Waals surface area contributed by atoms with Crippen molar-refractivity contribution >= 4 is 0 Å². The largest absolute Gasteiger partial charge is 0.394 e. The minimum absolute atomic E-state index is 0.00462. The molecular formula is C45H73NO15. The van der Waals surface area contributed by atoms with Crippen molar-refractivity contribution < 1.29 is 74.4 Å². The highest BCUT2D eigenvalue weighted by atomic mass is 16.8. The Kier molecular flexibility index (Phi) is 12.7. The maximum atomic E-state index is 11.6. The van der Waals surface area contributed by atoms with Crippen molar-refractivity contribution in [1.82, 2.24) is 4.90 Å². The first-order valence-corrected chi connectivity index (χ1v) is 23.4. The molecular weight excluding hydrogens is 794 g/mol. The van der Waals surface area contributed by atoms with Crippen LogP contribution in [0.3, 0.4) is 0 Å². The summed E-state index contributed by atoms with van der Waals surface area (Å²) in [6.45, 7) is 11.4. The molecule has 3 saturated carbocycles. The van der Waals surface area contributed by atoms with Gasteiger partial charge in [0.2, 0.25) is 0 Å². The summed E-state index contributed by atoms with van der Waals surface area (Å²) in [5.41, 5.74) is 1.72. The van der Waals surface area contributed by atoms with Crippen molar-refractivity contribution in [3.05, 3.63) is 11.6 Å². The number of aliphatic hydroxyl groups is 9. The minimum Gasteiger partial charge on any atom is -0.394 e. The van der Waals surface area contributed by atoms with Gasteiger partial charge in [0.25, 0.3) is 0 Å². The highest BCUT2D eigenvalue weighted by Crippen LogP contribution is 2.70. The van der Waals surface area contributed by atoms with Crippen LogP contribution < -0.4 is 0 Å². The molecule has 9 aliphatic rings. The molecule has 0 radical (unpaired) electrons. The number of rotatable bonds is 8. The Balaban J connectivity index is 0.952. The first-order valence-electron chi connectivity index (χ1n) is 23.4. The summed E-state index contributed by atoms with van der Waals surface area (Å²) >= 11 is 0. The zero-order valence-electron chi connectivity index (χ0n) is 36.3. The van der Waals surface area contributed by atoms with E-state index >= 15 is 0 Å². The fourth-order valence-electron chi connectivity index (χ4n) is 14.7. The van der Waals surface area contributed by atoms with E-state index in [2.05, 4.69) is 38.7 Å². The number of fused-ring (bicyclic) bond motifs is 9. The maximum Gasteiger partial charge on any atom is 0.187 e. The normalized spacial score (nSPS) is 57.3. The zero-order chi connectivity index (χ0) is 43.4. The number of hydrogen-bond acceptors (Lipinski definition) is 16. The van der Waals surface area contributed by atoms with Gasteiger partial charge >= 0.3 is 0 Å². The summed E-state index contributed by atoms with van der Waals surface area (Å²) in [5, 5.41) is 95.8. The van der Waals surface area contributed by atoms with Crippen molar-refractivity contribution in [2.24, 2.45) is 46.3 Å². The number of ether oxygens (including phenoxy) is 6. The van der Waals surface area contributed by atoms with Crippen molar-refractivity contribution in [1.29, 1.82) is 0 Å². The first kappa shape index (κ1) is 45.3. The monoisotopic (exact) mass is 867 g/mol. The Labute approximate surface area is 359 Å². The molecule has 0 aromatic rings. The van der Waals surface area contributed by atoms with Gasteiger partial charge in [0, 0.05) is 18.6 Å². The van der Waals surface area contributed by atoms with E-state index in [0.29, 0.717) is 42.1 Å². The van der Waals surface area contributed by atoms with Gasteiger partial charge < -0.3 is 74.4 Å². The van der Waals surface area contributed by atoms with Crippen LogP contribution >= 0.6 is 0 Å². The van der Waals surface area contributed by atoms with E-state index in [1.807, 2.05) is 0 Å². The molecule has 26 atom stereocenters. The second-order valence-corrected chi connectivity index (χ2v) is 21.2. The van der Waals surface area contributed by atoms with Crippen LogP contribution in [0.1, 0.15) is 92.4 Å². The number of piperidine rings is 1. The standard InChI is InChI=1S/C45H73NO15/c1-19-6-9-27-20(2)31-28(46(27)16-19)15-26-24-8-7-22-14-23(10-12-44(22,4)25(24)11-13-45(26,31)5)57-43-40(61-41-37(54)35(52)32(49)21(3)56-41)39(34(51)30(18-48)59-43)60-42-38(55)36(53)33(50)29(17-47)58-42/h7,19-21,23-43,47-55H,6,8-18H2,1-5H3/t19-,20+,21-,23-,24+,25-,26-,27+,28-,29+,30+,31-,32-,33+,34-,35+,36-,37+,38+,39-,40+,41-,42-,43+,44-,45-/m1/s1. The van der Waals surface area contributed by atoms with Gasteiger partial charge in [0.05, 0.1) is 25.4 Å². The van der Waals surface area contributed by atoms with Gasteiger partial charge in [-0.05, 0) is 111 Å². The van der Waals surface area contributed by atoms with Gasteiger partial charge in [-0.15, -0.1) is 0 Å². The molecule has 0 aromatic carbocycles. The van der Waals surface area contributed by atoms with Crippen LogP contribution in [0, 0.1) is 46.3 Å². The Morgan fingerprint density at radius 1 is 0.672 bits per heavy atom. The van der Waals surface area contributed by atoms with Crippen LogP contribution in [0.25, 0.3) is 0 Å². The molecule has 0 aromatic heterocycles. The van der Waals surface area contributed by atoms with E-state index < -0.39 is 105 Å². The van der Waals surface area contributed by atoms with Crippen molar-refractivity contribution in [3.63, 3.8) is 0 Å². The van der Waals surface area contributed by atoms with Gasteiger partial charge in [-0.25, -0.2) is 0 Å². The molecule has 9 N–H and O–H groups in total. The molecule has 9 rings (SSSR count). The smallest absolute Gasteiger partial charge is 0.187 e. The number of nitrogens with zero attached hydrogens (tertiary/aromatic N) is 1. The molecule has 5 saturated heterocycles. The third-order valence-corrected chi connectivity index (χ3v) is 18.0. The predicted octanol–water partition coefficient (Wildman–Crippen LogP) is 0.155. The van der Waals surface area contributed by atoms with Crippen molar-refractivity contribution in [2.45, 2.75) is 203 Å². The lowest BCUT2D eigenvalue weighted by molar-refractivity contribution is -0.394. The van der Waals surface area contributed by atoms with Crippen LogP contribution in [0.4, 0.5) is 0 Å². The van der Waals surface area contributed by atoms with Gasteiger partial charge in [-0.2, -0.15) is 0 Å². The van der Waals surface area contributed by atoms with Crippen LogP contribution in [-0.4, -0.2) is 181 Å². The topological polar surface area (TPSA) is 241 Å². The fourth-order valence-corrected chi connectivity index (χ4v) is 14.7. The lowest BCUT2D eigenvalue weighted by Crippen LogP contribution is -2.67. The van der Waals surface area contributed by atoms with Crippen LogP contribution in [0.15, 0.2) is 11.6 Å². The average Bonchev–Trinajstić information content (AvgIpc) is 3.71. The summed E-state index contributed by atoms with van der Waals surface area (Å²) in [7, 11) is 0. The molecule has 4 aliphatic carbocycles. The van der Waals surface area contributed by atoms with Crippen LogP contribution in [0.5, 0.6) is 0 Å². The van der Waals surface area contributed by atoms with E-state index in [1.165, 1.54) is 51.1 Å². The minimum atomic E-state index is -1.83. The lowest BCUT2D eigenvalue weighted by Gasteiger charge is -2.58. The van der Waals surface area contributed by atoms with Gasteiger partial charge in [0.1, 0.15) is 67.1 Å². The molecule has 348 valence electrons. The SMILES string of the molecule is C[C@@H]1CC[C@H]2[C@H](C)[C@@H]3[C@@H](C[C@@H]4[C@H]5CC=C6C[C@H](O[C@H]7O[C@@H](CO)[C@@H](O)[C@@H](O[C@H]8O[C@@H](CO)[C@H](O)[C@@H](O)[C@@H]8O)[C@@H]7O[C@H]7O[C@H](C)[C@@H](O)[C@H](O)[C@@H]7O)CC[C@@]6(C)[C@@H]5CC[C@@]34C)N2C1. The third-order valence-electron chi connectivity index (χ3n) is 18.0. The zero-order valence-corrected chi connectivity index (χ0v) is 36.3. The third kappa shape index (κ3) is 7.42. The Morgan fingerprint density at radius 3 is 2.05 bits per heavy atom. The molecule has 0 spiro atoms. The maximum absolute atomic E-state index is 11.6. The summed E-state index contributed by atoms with van der Waals surface area (Å²) in [5.74, 6) is 4.15. The van der Waals surface area contributed by atoms with E-state index in [-0.39, 0.29) is 11.5 Å². The first-order chi connectivity index (χ1) is 29.0. The Hall–Kier alpha value is -0.900. The van der Waals surface area contributed by atoms with Crippen LogP contribution in [-0.2, 0) is 28.4 Å². The molecule has 61 heavy (non-hydrogen) atoms. The summed E-state index contributed by atoms with van der Waals surface area (Å²) in [6, 6.07) is 1.43. The summed E-state index contributed by atoms with van der Waals surface area (Å²) in [4.78, 5) is 2.94. The van der Waals surface area contributed by atoms with Gasteiger partial charge in [-0.3, -0.25) is 4.90 Å². The quantitative estimate of drug-likeness (QED) is 0.148. The fraction of sp³-hybridized carbons (Fsp3) is 0.956. The summed E-state index contributed by atoms with van der Waals surface area (Å²) < 4.78 is 36.8. The molecule has 16 heteroatoms. The average molecular weight is 868 g/mol. The highest BCUT2D eigenvalue weighted by Gasteiger charge is 2.66. The van der Waals surface area contributed by atoms with Crippen molar-refractivity contribution in [3.8, 4) is 0 Å². The molecule has 16 nitrogen and oxygen atoms in total. The van der Waals surface area contributed by atoms with Crippen molar-refractivity contribution in [2.75, 3.05) is 19.8 Å². The predicted molar refractivity (Wildman–Crippen MR) is 215 cm³/mol. The summed E-state index contributed by atoms with van der Waals surface area (Å²) in [6.07, 6.45) is -11.1. The Morgan fingerprint density at radius 2 is 1.33 bits per heavy atom. The van der Waals surface area contributed by atoms with E-state index in [0.717, 1.165) is 36.6 Å². The number of allylic oxidation sites excluding steroid dienone is 1. The van der Waals surface area contributed by atoms with E-state index in [1.54, 1.807) is 0 Å². The molecule has 0 amide bonds. The van der Waals surface area contributed by atoms with Gasteiger partial charge in [-0.1, -0.05) is 39.3 Å². The van der Waals surface area contributed by atoms with Crippen LogP contribution in [0.2, 0.25) is 0 Å². The van der Waals surface area contributed by atoms with E-state index in [4.69, 9.17) is 28.4 Å². The Bertz CT molecular complexity index is 1590. The number of hydrogen-bond donors (Lipinski definition) is 9. The molecule has 0 unspecified atom stereocenters. The van der Waals surface area contributed by atoms with Gasteiger partial charge in [0.15, 0.2) is 18.9 Å². The molecule has 5 heterocycles. The number of aliphatic hydroxyl groups excluding tert-OH is 9. The highest BCUT2D eigenvalue weighted by molar-refractivity contribution is 5.27. The lowest BCUT2D eigenvalue weighted by atomic mass is 9.47. The molecule has 8 fully saturated rings. The second kappa shape index (κ2) is 17.1. The molecule has 5 aliphatic heterocycles.